The molecule has 0 heterocycles. The summed E-state index contributed by atoms with van der Waals surface area (Å²) in [6.45, 7) is 4.20. The molecule has 2 unspecified atom stereocenters. The normalized spacial score (nSPS) is 16.2. The van der Waals surface area contributed by atoms with Crippen LogP contribution >= 0.6 is 15.9 Å². The molecule has 4 heteroatoms. The van der Waals surface area contributed by atoms with Gasteiger partial charge >= 0.3 is 0 Å². The molecule has 0 spiro atoms. The van der Waals surface area contributed by atoms with Crippen molar-refractivity contribution in [2.24, 2.45) is 0 Å². The molecule has 1 rings (SSSR count). The van der Waals surface area contributed by atoms with Crippen molar-refractivity contribution in [2.45, 2.75) is 38.3 Å². The van der Waals surface area contributed by atoms with Crippen molar-refractivity contribution < 1.29 is 9.84 Å². The van der Waals surface area contributed by atoms with Crippen LogP contribution in [0.15, 0.2) is 22.7 Å². The van der Waals surface area contributed by atoms with Crippen LogP contribution in [0.5, 0.6) is 5.75 Å². The summed E-state index contributed by atoms with van der Waals surface area (Å²) >= 11 is 3.48. The first-order valence-electron chi connectivity index (χ1n) is 6.53. The van der Waals surface area contributed by atoms with Crippen molar-refractivity contribution in [1.29, 1.82) is 0 Å². The van der Waals surface area contributed by atoms with Gasteiger partial charge in [0.2, 0.25) is 0 Å². The van der Waals surface area contributed by atoms with Crippen LogP contribution in [-0.2, 0) is 6.42 Å². The van der Waals surface area contributed by atoms with Crippen molar-refractivity contribution >= 4 is 15.9 Å². The number of aliphatic hydroxyl groups excluding tert-OH is 1. The molecule has 3 nitrogen and oxygen atoms in total. The maximum Gasteiger partial charge on any atom is 0.133 e. The van der Waals surface area contributed by atoms with Crippen LogP contribution in [0, 0.1) is 0 Å². The lowest BCUT2D eigenvalue weighted by atomic mass is 9.86. The summed E-state index contributed by atoms with van der Waals surface area (Å²) in [5.74, 6) is 0.809. The number of likely N-dealkylation sites (N-methyl/N-ethyl adjacent to an activating group) is 1. The van der Waals surface area contributed by atoms with Gasteiger partial charge in [0.05, 0.1) is 17.7 Å². The fourth-order valence-electron chi connectivity index (χ4n) is 2.13. The van der Waals surface area contributed by atoms with E-state index < -0.39 is 6.10 Å². The Balaban J connectivity index is 2.87. The topological polar surface area (TPSA) is 32.7 Å². The minimum Gasteiger partial charge on any atom is -0.496 e. The lowest BCUT2D eigenvalue weighted by molar-refractivity contribution is 0.00300. The summed E-state index contributed by atoms with van der Waals surface area (Å²) in [5.41, 5.74) is 0.883. The maximum atomic E-state index is 10.5. The fraction of sp³-hybridized carbons (Fsp3) is 0.600. The molecule has 1 N–H and O–H groups in total. The van der Waals surface area contributed by atoms with E-state index in [0.29, 0.717) is 6.42 Å². The van der Waals surface area contributed by atoms with Crippen molar-refractivity contribution in [3.05, 3.63) is 28.2 Å². The number of nitrogens with zero attached hydrogens (tertiary/aromatic N) is 1. The van der Waals surface area contributed by atoms with Gasteiger partial charge in [0.1, 0.15) is 5.75 Å². The third kappa shape index (κ3) is 3.71. The Morgan fingerprint density at radius 1 is 1.42 bits per heavy atom. The standard InChI is InChI=1S/C15H24BrNO2/c1-6-15(2,17(3)4)14(18)10-11-7-8-13(19-5)12(16)9-11/h7-9,14,18H,6,10H2,1-5H3. The second-order valence-corrected chi connectivity index (χ2v) is 6.15. The van der Waals surface area contributed by atoms with Crippen LogP contribution in [0.2, 0.25) is 0 Å². The van der Waals surface area contributed by atoms with Crippen LogP contribution < -0.4 is 4.74 Å². The van der Waals surface area contributed by atoms with Crippen LogP contribution in [0.25, 0.3) is 0 Å². The van der Waals surface area contributed by atoms with E-state index in [2.05, 4.69) is 34.7 Å². The number of benzene rings is 1. The second-order valence-electron chi connectivity index (χ2n) is 5.29. The largest absolute Gasteiger partial charge is 0.496 e. The first-order valence-corrected chi connectivity index (χ1v) is 7.32. The zero-order valence-electron chi connectivity index (χ0n) is 12.4. The van der Waals surface area contributed by atoms with Gasteiger partial charge in [-0.2, -0.15) is 0 Å². The van der Waals surface area contributed by atoms with E-state index in [1.54, 1.807) is 7.11 Å². The zero-order valence-corrected chi connectivity index (χ0v) is 14.0. The first-order chi connectivity index (χ1) is 8.85. The Bertz CT molecular complexity index is 423. The average Bonchev–Trinajstić information content (AvgIpc) is 2.37. The van der Waals surface area contributed by atoms with E-state index >= 15 is 0 Å². The number of rotatable bonds is 6. The van der Waals surface area contributed by atoms with Gasteiger partial charge in [-0.25, -0.2) is 0 Å². The number of methoxy groups -OCH3 is 1. The monoisotopic (exact) mass is 329 g/mol. The Morgan fingerprint density at radius 2 is 2.05 bits per heavy atom. The van der Waals surface area contributed by atoms with Gasteiger partial charge in [0.15, 0.2) is 0 Å². The average molecular weight is 330 g/mol. The van der Waals surface area contributed by atoms with Crippen LogP contribution in [-0.4, -0.2) is 42.9 Å². The highest BCUT2D eigenvalue weighted by atomic mass is 79.9. The third-order valence-electron chi connectivity index (χ3n) is 4.10. The van der Waals surface area contributed by atoms with Crippen molar-refractivity contribution in [1.82, 2.24) is 4.90 Å². The highest BCUT2D eigenvalue weighted by Gasteiger charge is 2.33. The molecule has 0 amide bonds. The lowest BCUT2D eigenvalue weighted by Crippen LogP contribution is -2.51. The molecule has 0 aliphatic carbocycles. The van der Waals surface area contributed by atoms with Gasteiger partial charge < -0.3 is 14.7 Å². The number of aliphatic hydroxyl groups is 1. The Labute approximate surface area is 124 Å². The maximum absolute atomic E-state index is 10.5. The van der Waals surface area contributed by atoms with Crippen LogP contribution in [0.3, 0.4) is 0 Å². The first kappa shape index (κ1) is 16.5. The minimum atomic E-state index is -0.409. The van der Waals surface area contributed by atoms with Gasteiger partial charge in [0.25, 0.3) is 0 Å². The second kappa shape index (κ2) is 6.73. The summed E-state index contributed by atoms with van der Waals surface area (Å²) in [6.07, 6.45) is 1.12. The van der Waals surface area contributed by atoms with Crippen molar-refractivity contribution in [3.8, 4) is 5.75 Å². The van der Waals surface area contributed by atoms with E-state index in [4.69, 9.17) is 4.74 Å². The Kier molecular flexibility index (Phi) is 5.83. The van der Waals surface area contributed by atoms with Gasteiger partial charge in [-0.15, -0.1) is 0 Å². The predicted octanol–water partition coefficient (Wildman–Crippen LogP) is 3.09. The summed E-state index contributed by atoms with van der Waals surface area (Å²) in [4.78, 5) is 2.09. The molecule has 1 aromatic carbocycles. The van der Waals surface area contributed by atoms with E-state index in [0.717, 1.165) is 22.2 Å². The number of hydrogen-bond acceptors (Lipinski definition) is 3. The number of ether oxygens (including phenoxy) is 1. The van der Waals surface area contributed by atoms with E-state index in [-0.39, 0.29) is 5.54 Å². The van der Waals surface area contributed by atoms with Crippen LogP contribution in [0.4, 0.5) is 0 Å². The molecule has 19 heavy (non-hydrogen) atoms. The molecular formula is C15H24BrNO2. The smallest absolute Gasteiger partial charge is 0.133 e. The molecule has 0 aliphatic rings. The molecule has 2 atom stereocenters. The van der Waals surface area contributed by atoms with E-state index in [1.807, 2.05) is 32.3 Å². The predicted molar refractivity (Wildman–Crippen MR) is 82.8 cm³/mol. The minimum absolute atomic E-state index is 0.216. The molecule has 0 bridgehead atoms. The molecule has 0 radical (unpaired) electrons. The van der Waals surface area contributed by atoms with Gasteiger partial charge in [-0.3, -0.25) is 0 Å². The summed E-state index contributed by atoms with van der Waals surface area (Å²) < 4.78 is 6.13. The van der Waals surface area contributed by atoms with Crippen LogP contribution in [0.1, 0.15) is 25.8 Å². The summed E-state index contributed by atoms with van der Waals surface area (Å²) in [5, 5.41) is 10.5. The van der Waals surface area contributed by atoms with Crippen molar-refractivity contribution in [3.63, 3.8) is 0 Å². The number of halogens is 1. The quantitative estimate of drug-likeness (QED) is 0.870. The highest BCUT2D eigenvalue weighted by molar-refractivity contribution is 9.10. The van der Waals surface area contributed by atoms with E-state index in [1.165, 1.54) is 0 Å². The molecule has 0 fully saturated rings. The zero-order chi connectivity index (χ0) is 14.6. The van der Waals surface area contributed by atoms with Gasteiger partial charge in [0, 0.05) is 12.0 Å². The molecular weight excluding hydrogens is 306 g/mol. The van der Waals surface area contributed by atoms with Crippen molar-refractivity contribution in [2.75, 3.05) is 21.2 Å². The fourth-order valence-corrected chi connectivity index (χ4v) is 2.72. The van der Waals surface area contributed by atoms with Gasteiger partial charge in [-0.1, -0.05) is 13.0 Å². The highest BCUT2D eigenvalue weighted by Crippen LogP contribution is 2.28. The summed E-state index contributed by atoms with van der Waals surface area (Å²) in [7, 11) is 5.67. The molecule has 1 aromatic rings. The molecule has 0 saturated carbocycles. The van der Waals surface area contributed by atoms with Gasteiger partial charge in [-0.05, 0) is 61.1 Å². The Hall–Kier alpha value is -0.580. The molecule has 0 saturated heterocycles. The Morgan fingerprint density at radius 3 is 2.47 bits per heavy atom. The third-order valence-corrected chi connectivity index (χ3v) is 4.72. The summed E-state index contributed by atoms with van der Waals surface area (Å²) in [6, 6.07) is 5.93. The van der Waals surface area contributed by atoms with E-state index in [9.17, 15) is 5.11 Å². The SMILES string of the molecule is CCC(C)(C(O)Cc1ccc(OC)c(Br)c1)N(C)C. The number of hydrogen-bond donors (Lipinski definition) is 1. The molecule has 108 valence electrons. The molecule has 0 aliphatic heterocycles. The lowest BCUT2D eigenvalue weighted by Gasteiger charge is -2.40. The molecule has 0 aromatic heterocycles.